The zero-order valence-electron chi connectivity index (χ0n) is 25.6. The fourth-order valence-corrected chi connectivity index (χ4v) is 7.12. The maximum atomic E-state index is 14.2. The summed E-state index contributed by atoms with van der Waals surface area (Å²) in [4.78, 5) is 33.2. The summed E-state index contributed by atoms with van der Waals surface area (Å²) >= 11 is 11.2. The van der Waals surface area contributed by atoms with Gasteiger partial charge in [0.25, 0.3) is 11.5 Å². The average Bonchev–Trinajstić information content (AvgIpc) is 3.38. The summed E-state index contributed by atoms with van der Waals surface area (Å²) < 4.78 is 19.8. The van der Waals surface area contributed by atoms with Gasteiger partial charge in [0.05, 0.1) is 40.5 Å². The fourth-order valence-electron chi connectivity index (χ4n) is 5.31. The molecule has 238 valence electrons. The van der Waals surface area contributed by atoms with Gasteiger partial charge >= 0.3 is 0 Å². The highest BCUT2D eigenvalue weighted by molar-refractivity contribution is 9.10. The molecule has 1 aliphatic rings. The summed E-state index contributed by atoms with van der Waals surface area (Å²) in [6, 6.07) is 26.9. The molecule has 0 aliphatic carbocycles. The van der Waals surface area contributed by atoms with E-state index in [0.717, 1.165) is 11.1 Å². The van der Waals surface area contributed by atoms with Gasteiger partial charge in [0.15, 0.2) is 16.3 Å². The van der Waals surface area contributed by atoms with E-state index < -0.39 is 6.04 Å². The summed E-state index contributed by atoms with van der Waals surface area (Å²) in [7, 11) is 3.15. The zero-order valence-corrected chi connectivity index (χ0v) is 28.8. The molecule has 0 fully saturated rings. The van der Waals surface area contributed by atoms with Crippen LogP contribution in [-0.2, 0) is 11.4 Å². The number of aromatic nitrogens is 1. The molecule has 4 aromatic carbocycles. The van der Waals surface area contributed by atoms with Crippen molar-refractivity contribution >= 4 is 56.5 Å². The molecule has 47 heavy (non-hydrogen) atoms. The van der Waals surface area contributed by atoms with Crippen molar-refractivity contribution in [3.05, 3.63) is 148 Å². The third-order valence-electron chi connectivity index (χ3n) is 7.61. The van der Waals surface area contributed by atoms with E-state index in [-0.39, 0.29) is 18.1 Å². The second kappa shape index (κ2) is 14.0. The Kier molecular flexibility index (Phi) is 9.63. The maximum absolute atomic E-state index is 14.2. The van der Waals surface area contributed by atoms with Crippen molar-refractivity contribution in [3.8, 4) is 17.2 Å². The number of allylic oxidation sites excluding steroid dienone is 1. The Labute approximate surface area is 288 Å². The number of hydrogen-bond acceptors (Lipinski definition) is 7. The molecule has 1 aliphatic heterocycles. The minimum absolute atomic E-state index is 0.247. The molecule has 0 bridgehead atoms. The molecule has 5 aromatic rings. The van der Waals surface area contributed by atoms with E-state index in [9.17, 15) is 9.59 Å². The van der Waals surface area contributed by atoms with Crippen LogP contribution in [0.1, 0.15) is 29.7 Å². The molecular weight excluding hydrogens is 702 g/mol. The molecule has 0 saturated heterocycles. The van der Waals surface area contributed by atoms with Crippen molar-refractivity contribution < 1.29 is 19.0 Å². The van der Waals surface area contributed by atoms with Gasteiger partial charge in [0, 0.05) is 16.3 Å². The van der Waals surface area contributed by atoms with Gasteiger partial charge < -0.3 is 19.5 Å². The fraction of sp³-hybridized carbons (Fsp3) is 0.139. The van der Waals surface area contributed by atoms with E-state index in [1.54, 1.807) is 37.9 Å². The molecule has 6 rings (SSSR count). The number of fused-ring (bicyclic) bond motifs is 1. The van der Waals surface area contributed by atoms with Crippen molar-refractivity contribution in [2.45, 2.75) is 19.6 Å². The first-order valence-electron chi connectivity index (χ1n) is 14.5. The summed E-state index contributed by atoms with van der Waals surface area (Å²) in [6.45, 7) is 2.04. The topological polar surface area (TPSA) is 91.2 Å². The van der Waals surface area contributed by atoms with Gasteiger partial charge in [-0.25, -0.2) is 4.99 Å². The van der Waals surface area contributed by atoms with Crippen LogP contribution < -0.4 is 34.4 Å². The smallest absolute Gasteiger partial charge is 0.271 e. The predicted molar refractivity (Wildman–Crippen MR) is 188 cm³/mol. The second-order valence-corrected chi connectivity index (χ2v) is 12.9. The molecule has 1 atom stereocenters. The van der Waals surface area contributed by atoms with Gasteiger partial charge in [-0.15, -0.1) is 0 Å². The summed E-state index contributed by atoms with van der Waals surface area (Å²) in [5.74, 6) is 1.32. The number of halogens is 2. The molecule has 0 spiro atoms. The van der Waals surface area contributed by atoms with Gasteiger partial charge in [-0.05, 0) is 82.5 Å². The number of nitrogens with zero attached hydrogens (tertiary/aromatic N) is 2. The molecule has 1 N–H and O–H groups in total. The Morgan fingerprint density at radius 3 is 2.45 bits per heavy atom. The number of hydrogen-bond donors (Lipinski definition) is 1. The summed E-state index contributed by atoms with van der Waals surface area (Å²) in [5.41, 5.74) is 3.56. The highest BCUT2D eigenvalue weighted by Gasteiger charge is 2.32. The molecule has 1 amide bonds. The standard InChI is InChI=1S/C36H29BrClN3O5S/c1-21-31(34(42)40-25-10-5-4-6-11-25)32(23-13-15-26(44-2)16-14-23)41-35(43)30(47-36(41)39-21)19-22-17-27(37)33(29(18-22)45-3)46-20-24-9-7-8-12-28(24)38/h4-19,32H,20H2,1-3H3,(H,40,42)/b30-19+/t32-/m1/s1. The summed E-state index contributed by atoms with van der Waals surface area (Å²) in [5, 5.41) is 3.58. The number of para-hydroxylation sites is 1. The van der Waals surface area contributed by atoms with Gasteiger partial charge in [0.1, 0.15) is 12.4 Å². The lowest BCUT2D eigenvalue weighted by Crippen LogP contribution is -2.40. The number of carbonyl (C=O) groups excluding carboxylic acids is 1. The van der Waals surface area contributed by atoms with E-state index in [1.807, 2.05) is 84.9 Å². The number of amides is 1. The van der Waals surface area contributed by atoms with Crippen LogP contribution in [0.2, 0.25) is 5.02 Å². The predicted octanol–water partition coefficient (Wildman–Crippen LogP) is 6.89. The highest BCUT2D eigenvalue weighted by atomic mass is 79.9. The highest BCUT2D eigenvalue weighted by Crippen LogP contribution is 2.38. The third kappa shape index (κ3) is 6.76. The normalized spacial score (nSPS) is 14.3. The van der Waals surface area contributed by atoms with Crippen molar-refractivity contribution in [2.75, 3.05) is 19.5 Å². The van der Waals surface area contributed by atoms with Crippen molar-refractivity contribution in [1.29, 1.82) is 0 Å². The number of rotatable bonds is 9. The minimum atomic E-state index is -0.718. The third-order valence-corrected chi connectivity index (χ3v) is 9.55. The molecule has 11 heteroatoms. The van der Waals surface area contributed by atoms with Crippen LogP contribution in [0.3, 0.4) is 0 Å². The van der Waals surface area contributed by atoms with Crippen LogP contribution in [0.4, 0.5) is 5.69 Å². The van der Waals surface area contributed by atoms with E-state index in [2.05, 4.69) is 21.2 Å². The zero-order chi connectivity index (χ0) is 33.1. The lowest BCUT2D eigenvalue weighted by molar-refractivity contribution is -0.113. The first-order chi connectivity index (χ1) is 22.8. The van der Waals surface area contributed by atoms with E-state index in [0.29, 0.717) is 58.6 Å². The first kappa shape index (κ1) is 32.3. The van der Waals surface area contributed by atoms with Crippen molar-refractivity contribution in [3.63, 3.8) is 0 Å². The monoisotopic (exact) mass is 729 g/mol. The Hall–Kier alpha value is -4.64. The average molecular weight is 731 g/mol. The van der Waals surface area contributed by atoms with Crippen LogP contribution in [-0.4, -0.2) is 24.7 Å². The van der Waals surface area contributed by atoms with Gasteiger partial charge in [0.2, 0.25) is 0 Å². The largest absolute Gasteiger partial charge is 0.497 e. The van der Waals surface area contributed by atoms with Gasteiger partial charge in [-0.2, -0.15) is 0 Å². The van der Waals surface area contributed by atoms with Gasteiger partial charge in [-0.1, -0.05) is 71.5 Å². The van der Waals surface area contributed by atoms with Crippen LogP contribution in [0.25, 0.3) is 6.08 Å². The number of nitrogens with one attached hydrogen (secondary N) is 1. The molecule has 8 nitrogen and oxygen atoms in total. The quantitative estimate of drug-likeness (QED) is 0.179. The number of ether oxygens (including phenoxy) is 3. The Balaban J connectivity index is 1.41. The Morgan fingerprint density at radius 2 is 1.74 bits per heavy atom. The number of anilines is 1. The number of carbonyl (C=O) groups is 1. The second-order valence-electron chi connectivity index (χ2n) is 10.6. The number of thiazole rings is 1. The maximum Gasteiger partial charge on any atom is 0.271 e. The number of benzene rings is 4. The van der Waals surface area contributed by atoms with Crippen LogP contribution in [0.5, 0.6) is 17.2 Å². The first-order valence-corrected chi connectivity index (χ1v) is 16.5. The molecule has 1 aromatic heterocycles. The molecule has 0 saturated carbocycles. The van der Waals surface area contributed by atoms with Crippen LogP contribution in [0, 0.1) is 0 Å². The van der Waals surface area contributed by atoms with E-state index in [1.165, 1.54) is 11.3 Å². The number of methoxy groups -OCH3 is 2. The van der Waals surface area contributed by atoms with Crippen LogP contribution in [0.15, 0.2) is 117 Å². The van der Waals surface area contributed by atoms with Gasteiger partial charge in [-0.3, -0.25) is 14.2 Å². The van der Waals surface area contributed by atoms with Crippen LogP contribution >= 0.6 is 38.9 Å². The van der Waals surface area contributed by atoms with Crippen molar-refractivity contribution in [1.82, 2.24) is 4.57 Å². The molecule has 0 unspecified atom stereocenters. The van der Waals surface area contributed by atoms with Crippen molar-refractivity contribution in [2.24, 2.45) is 4.99 Å². The summed E-state index contributed by atoms with van der Waals surface area (Å²) in [6.07, 6.45) is 1.78. The Morgan fingerprint density at radius 1 is 1.02 bits per heavy atom. The molecule has 0 radical (unpaired) electrons. The SMILES string of the molecule is COc1ccc([C@@H]2C(C(=O)Nc3ccccc3)=C(C)N=c3s/c(=C/c4cc(Br)c(OCc5ccccc5Cl)c(OC)c4)c(=O)n32)cc1. The Bertz CT molecular complexity index is 2180. The molecule has 2 heterocycles. The minimum Gasteiger partial charge on any atom is -0.497 e. The van der Waals surface area contributed by atoms with E-state index >= 15 is 0 Å². The van der Waals surface area contributed by atoms with E-state index in [4.69, 9.17) is 30.8 Å². The molecular formula is C36H29BrClN3O5S. The lowest BCUT2D eigenvalue weighted by atomic mass is 9.95. The lowest BCUT2D eigenvalue weighted by Gasteiger charge is -2.25.